The minimum Gasteiger partial charge on any atom is -0.440 e. The molecule has 1 fully saturated rings. The first-order chi connectivity index (χ1) is 16.2. The van der Waals surface area contributed by atoms with Crippen molar-refractivity contribution in [3.63, 3.8) is 0 Å². The van der Waals surface area contributed by atoms with Gasteiger partial charge in [-0.1, -0.05) is 94.4 Å². The molecule has 0 spiro atoms. The molecule has 2 aromatic carbocycles. The van der Waals surface area contributed by atoms with E-state index in [-0.39, 0.29) is 30.4 Å². The number of cyclic esters (lactones) is 1. The standard InChI is InChI=1S/C15H19NO2.C14H23NO/c1-11(2)10-13-14(18-15(17)16-13)9-8-12-6-4-3-5-7-12;1-11(2)10-13(15)14(16)9-8-12-6-4-3-5-7-12/h3-9,11,13-14H,10H2,1-2H3,(H,16,17);3-7,11,13-14,16H,8-10,15H2,1-2H3/b9-8+;/t;13-,14-/m.0/s1. The lowest BCUT2D eigenvalue weighted by Gasteiger charge is -2.20. The molecule has 4 N–H and O–H groups in total. The van der Waals surface area contributed by atoms with Gasteiger partial charge in [0, 0.05) is 6.04 Å². The average molecular weight is 467 g/mol. The van der Waals surface area contributed by atoms with Gasteiger partial charge in [-0.05, 0) is 54.7 Å². The van der Waals surface area contributed by atoms with Crippen LogP contribution in [0.4, 0.5) is 4.79 Å². The maximum atomic E-state index is 11.3. The number of hydrogen-bond acceptors (Lipinski definition) is 4. The van der Waals surface area contributed by atoms with Gasteiger partial charge in [-0.25, -0.2) is 4.79 Å². The summed E-state index contributed by atoms with van der Waals surface area (Å²) in [4.78, 5) is 11.3. The molecule has 5 heteroatoms. The van der Waals surface area contributed by atoms with Crippen LogP contribution in [0.1, 0.15) is 58.1 Å². The van der Waals surface area contributed by atoms with E-state index >= 15 is 0 Å². The molecule has 4 atom stereocenters. The number of nitrogens with two attached hydrogens (primary N) is 1. The number of aliphatic hydroxyl groups is 1. The fraction of sp³-hybridized carbons (Fsp3) is 0.483. The van der Waals surface area contributed by atoms with Gasteiger partial charge in [0.15, 0.2) is 0 Å². The molecule has 2 aromatic rings. The Hall–Kier alpha value is -2.63. The van der Waals surface area contributed by atoms with Crippen LogP contribution in [0.15, 0.2) is 66.7 Å². The van der Waals surface area contributed by atoms with Crippen molar-refractivity contribution in [2.45, 2.75) is 77.7 Å². The van der Waals surface area contributed by atoms with Crippen LogP contribution in [0.25, 0.3) is 6.08 Å². The molecule has 1 aliphatic rings. The number of carbonyl (C=O) groups is 1. The minimum absolute atomic E-state index is 0.0810. The summed E-state index contributed by atoms with van der Waals surface area (Å²) in [7, 11) is 0. The van der Waals surface area contributed by atoms with Crippen molar-refractivity contribution in [3.05, 3.63) is 77.9 Å². The van der Waals surface area contributed by atoms with Gasteiger partial charge in [0.1, 0.15) is 6.10 Å². The lowest BCUT2D eigenvalue weighted by Crippen LogP contribution is -2.36. The third-order valence-corrected chi connectivity index (χ3v) is 5.76. The lowest BCUT2D eigenvalue weighted by atomic mass is 9.96. The number of aliphatic hydroxyl groups excluding tert-OH is 1. The summed E-state index contributed by atoms with van der Waals surface area (Å²) in [5.74, 6) is 1.08. The third kappa shape index (κ3) is 10.5. The second-order valence-corrected chi connectivity index (χ2v) is 9.91. The van der Waals surface area contributed by atoms with Gasteiger partial charge in [-0.2, -0.15) is 0 Å². The molecule has 0 radical (unpaired) electrons. The summed E-state index contributed by atoms with van der Waals surface area (Å²) in [5.41, 5.74) is 8.31. The predicted octanol–water partition coefficient (Wildman–Crippen LogP) is 5.58. The molecule has 3 rings (SSSR count). The van der Waals surface area contributed by atoms with Crippen molar-refractivity contribution in [1.82, 2.24) is 5.32 Å². The van der Waals surface area contributed by atoms with E-state index in [1.807, 2.05) is 60.7 Å². The minimum atomic E-state index is -0.386. The molecule has 5 nitrogen and oxygen atoms in total. The summed E-state index contributed by atoms with van der Waals surface area (Å²) < 4.78 is 5.26. The Morgan fingerprint density at radius 3 is 2.21 bits per heavy atom. The molecule has 186 valence electrons. The molecule has 0 aromatic heterocycles. The van der Waals surface area contributed by atoms with Crippen LogP contribution in [-0.4, -0.2) is 35.5 Å². The van der Waals surface area contributed by atoms with E-state index in [1.165, 1.54) is 5.56 Å². The van der Waals surface area contributed by atoms with E-state index in [4.69, 9.17) is 10.5 Å². The van der Waals surface area contributed by atoms with Crippen LogP contribution in [0.2, 0.25) is 0 Å². The average Bonchev–Trinajstić information content (AvgIpc) is 3.15. The Labute approximate surface area is 205 Å². The molecule has 1 amide bonds. The SMILES string of the molecule is CC(C)CC1NC(=O)OC1/C=C/c1ccccc1.CC(C)C[C@H](N)[C@@H](O)CCc1ccccc1. The van der Waals surface area contributed by atoms with E-state index < -0.39 is 0 Å². The van der Waals surface area contributed by atoms with Crippen LogP contribution in [0.5, 0.6) is 0 Å². The maximum Gasteiger partial charge on any atom is 0.408 e. The summed E-state index contributed by atoms with van der Waals surface area (Å²) >= 11 is 0. The Morgan fingerprint density at radius 1 is 1.00 bits per heavy atom. The predicted molar refractivity (Wildman–Crippen MR) is 140 cm³/mol. The highest BCUT2D eigenvalue weighted by Crippen LogP contribution is 2.18. The Bertz CT molecular complexity index is 852. The first-order valence-corrected chi connectivity index (χ1v) is 12.4. The molecule has 1 heterocycles. The first-order valence-electron chi connectivity index (χ1n) is 12.4. The number of ether oxygens (including phenoxy) is 1. The van der Waals surface area contributed by atoms with Gasteiger partial charge >= 0.3 is 6.09 Å². The molecule has 34 heavy (non-hydrogen) atoms. The summed E-state index contributed by atoms with van der Waals surface area (Å²) in [6.07, 6.45) is 6.54. The highest BCUT2D eigenvalue weighted by molar-refractivity contribution is 5.71. The number of amides is 1. The van der Waals surface area contributed by atoms with Crippen molar-refractivity contribution in [1.29, 1.82) is 0 Å². The van der Waals surface area contributed by atoms with Crippen molar-refractivity contribution < 1.29 is 14.6 Å². The van der Waals surface area contributed by atoms with Crippen LogP contribution in [-0.2, 0) is 11.2 Å². The maximum absolute atomic E-state index is 11.3. The number of benzene rings is 2. The van der Waals surface area contributed by atoms with Crippen LogP contribution in [0, 0.1) is 11.8 Å². The number of rotatable bonds is 10. The summed E-state index contributed by atoms with van der Waals surface area (Å²) in [6.45, 7) is 8.54. The van der Waals surface area contributed by atoms with Gasteiger partial charge in [-0.15, -0.1) is 0 Å². The van der Waals surface area contributed by atoms with Crippen molar-refractivity contribution in [2.75, 3.05) is 0 Å². The van der Waals surface area contributed by atoms with Crippen LogP contribution >= 0.6 is 0 Å². The molecule has 1 aliphatic heterocycles. The highest BCUT2D eigenvalue weighted by atomic mass is 16.6. The Balaban J connectivity index is 0.000000242. The van der Waals surface area contributed by atoms with Crippen molar-refractivity contribution in [3.8, 4) is 0 Å². The number of hydrogen-bond donors (Lipinski definition) is 3. The van der Waals surface area contributed by atoms with Gasteiger partial charge < -0.3 is 20.9 Å². The normalized spacial score (nSPS) is 19.5. The first kappa shape index (κ1) is 27.6. The van der Waals surface area contributed by atoms with Gasteiger partial charge in [0.25, 0.3) is 0 Å². The monoisotopic (exact) mass is 466 g/mol. The van der Waals surface area contributed by atoms with Gasteiger partial charge in [0.2, 0.25) is 0 Å². The second kappa shape index (κ2) is 14.6. The molecule has 2 unspecified atom stereocenters. The van der Waals surface area contributed by atoms with Crippen LogP contribution < -0.4 is 11.1 Å². The lowest BCUT2D eigenvalue weighted by molar-refractivity contribution is 0.125. The van der Waals surface area contributed by atoms with Crippen molar-refractivity contribution in [2.24, 2.45) is 17.6 Å². The van der Waals surface area contributed by atoms with E-state index in [0.29, 0.717) is 11.8 Å². The third-order valence-electron chi connectivity index (χ3n) is 5.76. The Kier molecular flexibility index (Phi) is 11.9. The topological polar surface area (TPSA) is 84.6 Å². The zero-order valence-corrected chi connectivity index (χ0v) is 21.1. The number of carbonyl (C=O) groups excluding carboxylic acids is 1. The zero-order chi connectivity index (χ0) is 24.9. The summed E-state index contributed by atoms with van der Waals surface area (Å²) in [5, 5.41) is 12.8. The highest BCUT2D eigenvalue weighted by Gasteiger charge is 2.32. The van der Waals surface area contributed by atoms with E-state index in [9.17, 15) is 9.90 Å². The molecule has 0 saturated carbocycles. The van der Waals surface area contributed by atoms with Crippen LogP contribution in [0.3, 0.4) is 0 Å². The van der Waals surface area contributed by atoms with E-state index in [1.54, 1.807) is 0 Å². The van der Waals surface area contributed by atoms with E-state index in [0.717, 1.165) is 31.2 Å². The smallest absolute Gasteiger partial charge is 0.408 e. The zero-order valence-electron chi connectivity index (χ0n) is 21.1. The van der Waals surface area contributed by atoms with Gasteiger partial charge in [0.05, 0.1) is 12.1 Å². The molecule has 1 saturated heterocycles. The number of aryl methyl sites for hydroxylation is 1. The Morgan fingerprint density at radius 2 is 1.62 bits per heavy atom. The fourth-order valence-electron chi connectivity index (χ4n) is 3.99. The molecule has 0 aliphatic carbocycles. The molecular formula is C29H42N2O3. The second-order valence-electron chi connectivity index (χ2n) is 9.91. The van der Waals surface area contributed by atoms with Gasteiger partial charge in [-0.3, -0.25) is 0 Å². The molecule has 0 bridgehead atoms. The van der Waals surface area contributed by atoms with Crippen molar-refractivity contribution >= 4 is 12.2 Å². The quantitative estimate of drug-likeness (QED) is 0.427. The van der Waals surface area contributed by atoms with E-state index in [2.05, 4.69) is 45.1 Å². The number of alkyl carbamates (subject to hydrolysis) is 1. The largest absolute Gasteiger partial charge is 0.440 e. The number of nitrogens with one attached hydrogen (secondary N) is 1. The summed E-state index contributed by atoms with van der Waals surface area (Å²) in [6, 6.07) is 20.2. The fourth-order valence-corrected chi connectivity index (χ4v) is 3.99. The molecular weight excluding hydrogens is 424 g/mol.